The topological polar surface area (TPSA) is 135 Å². The van der Waals surface area contributed by atoms with E-state index in [1.165, 1.54) is 0 Å². The molecule has 0 radical (unpaired) electrons. The zero-order valence-corrected chi connectivity index (χ0v) is 19.5. The molecule has 0 unspecified atom stereocenters. The van der Waals surface area contributed by atoms with Crippen molar-refractivity contribution in [2.24, 2.45) is 11.0 Å². The van der Waals surface area contributed by atoms with E-state index >= 15 is 0 Å². The van der Waals surface area contributed by atoms with Gasteiger partial charge in [-0.3, -0.25) is 15.7 Å². The van der Waals surface area contributed by atoms with Crippen molar-refractivity contribution in [1.29, 1.82) is 5.41 Å². The molecule has 1 amide bonds. The molecule has 0 atom stereocenters. The predicted octanol–water partition coefficient (Wildman–Crippen LogP) is 3.54. The second-order valence-corrected chi connectivity index (χ2v) is 7.92. The molecule has 33 heavy (non-hydrogen) atoms. The average molecular weight is 457 g/mol. The molecule has 0 bridgehead atoms. The number of carbonyl (C=O) groups is 1. The number of carbonyl (C=O) groups excluding carboxylic acids is 1. The smallest absolute Gasteiger partial charge is 0.413 e. The van der Waals surface area contributed by atoms with Crippen molar-refractivity contribution in [2.75, 3.05) is 26.1 Å². The maximum absolute atomic E-state index is 12.3. The molecule has 0 saturated heterocycles. The second-order valence-electron chi connectivity index (χ2n) is 7.92. The molecule has 0 aliphatic heterocycles. The number of oxime groups is 1. The Kier molecular flexibility index (Phi) is 9.77. The lowest BCUT2D eigenvalue weighted by molar-refractivity contribution is 0.0349. The van der Waals surface area contributed by atoms with Crippen molar-refractivity contribution >= 4 is 23.5 Å². The van der Waals surface area contributed by atoms with Gasteiger partial charge in [-0.25, -0.2) is 15.6 Å². The number of amides is 1. The maximum atomic E-state index is 12.3. The van der Waals surface area contributed by atoms with E-state index in [1.807, 2.05) is 44.2 Å². The van der Waals surface area contributed by atoms with Gasteiger partial charge in [0.1, 0.15) is 11.4 Å². The van der Waals surface area contributed by atoms with Crippen LogP contribution in [-0.2, 0) is 20.9 Å². The third-order valence-electron chi connectivity index (χ3n) is 4.53. The Morgan fingerprint density at radius 2 is 1.94 bits per heavy atom. The van der Waals surface area contributed by atoms with Gasteiger partial charge >= 0.3 is 6.09 Å². The van der Waals surface area contributed by atoms with E-state index in [0.717, 1.165) is 11.4 Å². The van der Waals surface area contributed by atoms with Gasteiger partial charge < -0.3 is 14.3 Å². The van der Waals surface area contributed by atoms with Gasteiger partial charge in [0, 0.05) is 26.3 Å². The minimum Gasteiger partial charge on any atom is -0.443 e. The lowest BCUT2D eigenvalue weighted by Gasteiger charge is -2.25. The molecule has 10 nitrogen and oxygen atoms in total. The third kappa shape index (κ3) is 8.87. The van der Waals surface area contributed by atoms with Crippen LogP contribution in [0.5, 0.6) is 0 Å². The number of ether oxygens (including phenoxy) is 2. The molecule has 0 fully saturated rings. The third-order valence-corrected chi connectivity index (χ3v) is 4.53. The van der Waals surface area contributed by atoms with Gasteiger partial charge in [0.05, 0.1) is 5.69 Å². The van der Waals surface area contributed by atoms with Gasteiger partial charge in [-0.2, -0.15) is 0 Å². The van der Waals surface area contributed by atoms with E-state index < -0.39 is 11.7 Å². The van der Waals surface area contributed by atoms with Crippen LogP contribution in [0.4, 0.5) is 10.6 Å². The number of hydrogen-bond acceptors (Lipinski definition) is 8. The van der Waals surface area contributed by atoms with E-state index in [9.17, 15) is 4.79 Å². The predicted molar refractivity (Wildman–Crippen MR) is 127 cm³/mol. The van der Waals surface area contributed by atoms with Crippen LogP contribution in [0.15, 0.2) is 53.7 Å². The minimum absolute atomic E-state index is 0.000404. The number of hydrogen-bond donors (Lipinski definition) is 3. The van der Waals surface area contributed by atoms with Gasteiger partial charge in [-0.1, -0.05) is 41.6 Å². The van der Waals surface area contributed by atoms with Crippen LogP contribution in [0.25, 0.3) is 0 Å². The number of nitrogens with zero attached hydrogens (tertiary/aromatic N) is 3. The molecule has 0 aliphatic carbocycles. The van der Waals surface area contributed by atoms with E-state index in [1.54, 1.807) is 32.4 Å². The zero-order chi connectivity index (χ0) is 24.3. The monoisotopic (exact) mass is 456 g/mol. The molecule has 1 heterocycles. The Labute approximate surface area is 194 Å². The molecule has 0 spiro atoms. The number of methoxy groups -OCH3 is 1. The summed E-state index contributed by atoms with van der Waals surface area (Å²) in [5.74, 6) is 6.03. The first kappa shape index (κ1) is 25.8. The maximum Gasteiger partial charge on any atom is 0.413 e. The minimum atomic E-state index is -0.632. The molecule has 10 heteroatoms. The number of hydrazine groups is 1. The zero-order valence-electron chi connectivity index (χ0n) is 19.5. The molecular formula is C23H32N6O4. The lowest BCUT2D eigenvalue weighted by atomic mass is 10.0. The van der Waals surface area contributed by atoms with Crippen LogP contribution in [0.3, 0.4) is 0 Å². The van der Waals surface area contributed by atoms with Crippen molar-refractivity contribution in [3.63, 3.8) is 0 Å². The van der Waals surface area contributed by atoms with Crippen molar-refractivity contribution in [2.45, 2.75) is 38.9 Å². The summed E-state index contributed by atoms with van der Waals surface area (Å²) in [5.41, 5.74) is 0.885. The number of amidine groups is 1. The number of nitrogens with two attached hydrogens (primary N) is 1. The van der Waals surface area contributed by atoms with Crippen LogP contribution < -0.4 is 11.2 Å². The molecule has 1 aromatic carbocycles. The molecule has 2 rings (SSSR count). The van der Waals surface area contributed by atoms with Gasteiger partial charge in [-0.15, -0.1) is 0 Å². The fourth-order valence-electron chi connectivity index (χ4n) is 2.86. The Morgan fingerprint density at radius 1 is 1.21 bits per heavy atom. The summed E-state index contributed by atoms with van der Waals surface area (Å²) in [6.07, 6.45) is 0.863. The van der Waals surface area contributed by atoms with E-state index in [0.29, 0.717) is 30.1 Å². The number of nitrogens with one attached hydrogen (secondary N) is 2. The summed E-state index contributed by atoms with van der Waals surface area (Å²) in [4.78, 5) is 22.1. The Morgan fingerprint density at radius 3 is 2.61 bits per heavy atom. The summed E-state index contributed by atoms with van der Waals surface area (Å²) < 4.78 is 10.5. The number of rotatable bonds is 11. The second kappa shape index (κ2) is 12.5. The van der Waals surface area contributed by atoms with Gasteiger partial charge in [0.25, 0.3) is 0 Å². The van der Waals surface area contributed by atoms with E-state index in [2.05, 4.69) is 15.5 Å². The van der Waals surface area contributed by atoms with Gasteiger partial charge in [0.15, 0.2) is 18.2 Å². The van der Waals surface area contributed by atoms with Crippen LogP contribution in [-0.4, -0.2) is 54.0 Å². The first-order chi connectivity index (χ1) is 15.7. The summed E-state index contributed by atoms with van der Waals surface area (Å²) >= 11 is 0. The summed E-state index contributed by atoms with van der Waals surface area (Å²) in [6.45, 7) is 4.33. The van der Waals surface area contributed by atoms with E-state index in [-0.39, 0.29) is 18.2 Å². The number of anilines is 1. The fourth-order valence-corrected chi connectivity index (χ4v) is 2.86. The molecule has 1 aromatic heterocycles. The van der Waals surface area contributed by atoms with Crippen molar-refractivity contribution < 1.29 is 19.1 Å². The Balaban J connectivity index is 2.00. The van der Waals surface area contributed by atoms with E-state index in [4.69, 9.17) is 25.6 Å². The molecular weight excluding hydrogens is 424 g/mol. The van der Waals surface area contributed by atoms with Crippen molar-refractivity contribution in [3.05, 3.63) is 59.8 Å². The molecule has 0 aliphatic rings. The SMILES string of the molecule is COCCCC(C)(C)OC(=O)Nc1cccc(CO/N=C(\C(=N)N(C)N)c2ccccc2)n1. The number of benzene rings is 1. The number of aromatic nitrogens is 1. The normalized spacial score (nSPS) is 11.6. The first-order valence-electron chi connectivity index (χ1n) is 10.5. The van der Waals surface area contributed by atoms with Crippen molar-refractivity contribution in [3.8, 4) is 0 Å². The molecule has 4 N–H and O–H groups in total. The molecule has 0 saturated carbocycles. The van der Waals surface area contributed by atoms with Crippen LogP contribution >= 0.6 is 0 Å². The number of pyridine rings is 1. The Hall–Kier alpha value is -3.50. The standard InChI is InChI=1S/C23H32N6O4/c1-23(2,14-9-15-31-4)33-22(30)27-19-13-8-12-18(26-19)16-32-28-20(21(24)29(3)25)17-10-6-5-7-11-17/h5-8,10-13,24H,9,14-16,25H2,1-4H3,(H,26,27,30)/b24-21?,28-20-. The van der Waals surface area contributed by atoms with Crippen LogP contribution in [0.2, 0.25) is 0 Å². The highest BCUT2D eigenvalue weighted by atomic mass is 16.6. The quantitative estimate of drug-likeness (QED) is 0.155. The van der Waals surface area contributed by atoms with Crippen molar-refractivity contribution in [1.82, 2.24) is 9.99 Å². The largest absolute Gasteiger partial charge is 0.443 e. The first-order valence-corrected chi connectivity index (χ1v) is 10.5. The van der Waals surface area contributed by atoms with Crippen LogP contribution in [0.1, 0.15) is 37.9 Å². The summed E-state index contributed by atoms with van der Waals surface area (Å²) in [5, 5.41) is 16.0. The number of likely N-dealkylation sites (N-methyl/N-ethyl adjacent to an activating group) is 1. The molecule has 178 valence electrons. The molecule has 2 aromatic rings. The lowest BCUT2D eigenvalue weighted by Crippen LogP contribution is -2.38. The average Bonchev–Trinajstić information content (AvgIpc) is 2.76. The Bertz CT molecular complexity index is 947. The summed E-state index contributed by atoms with van der Waals surface area (Å²) in [6, 6.07) is 14.3. The van der Waals surface area contributed by atoms with Gasteiger partial charge in [0.2, 0.25) is 0 Å². The summed E-state index contributed by atoms with van der Waals surface area (Å²) in [7, 11) is 3.19. The fraction of sp³-hybridized carbons (Fsp3) is 0.391. The highest BCUT2D eigenvalue weighted by Crippen LogP contribution is 2.18. The highest BCUT2D eigenvalue weighted by Gasteiger charge is 2.22. The van der Waals surface area contributed by atoms with Gasteiger partial charge in [-0.05, 0) is 38.8 Å². The highest BCUT2D eigenvalue weighted by molar-refractivity contribution is 6.46. The van der Waals surface area contributed by atoms with Crippen LogP contribution in [0, 0.1) is 5.41 Å².